The highest BCUT2D eigenvalue weighted by atomic mass is 32.2. The van der Waals surface area contributed by atoms with Crippen LogP contribution in [0.5, 0.6) is 0 Å². The molecule has 3 N–H and O–H groups in total. The number of H-pyrrole nitrogens is 1. The molecular weight excluding hydrogens is 458 g/mol. The lowest BCUT2D eigenvalue weighted by Gasteiger charge is -2.09. The van der Waals surface area contributed by atoms with Crippen molar-refractivity contribution in [2.45, 2.75) is 9.79 Å². The first-order valence-electron chi connectivity index (χ1n) is 10.0. The minimum atomic E-state index is -3.83. The molecule has 0 aliphatic rings. The third-order valence-corrected chi connectivity index (χ3v) is 7.97. The molecule has 0 fully saturated rings. The Morgan fingerprint density at radius 2 is 0.909 bits per heavy atom. The van der Waals surface area contributed by atoms with Crippen molar-refractivity contribution in [3.05, 3.63) is 97.1 Å². The number of fused-ring (bicyclic) bond motifs is 3. The lowest BCUT2D eigenvalue weighted by atomic mass is 10.1. The number of aromatic amines is 1. The van der Waals surface area contributed by atoms with E-state index in [9.17, 15) is 16.8 Å². The second-order valence-electron chi connectivity index (χ2n) is 7.48. The van der Waals surface area contributed by atoms with Crippen molar-refractivity contribution in [1.29, 1.82) is 0 Å². The topological polar surface area (TPSA) is 108 Å². The Labute approximate surface area is 191 Å². The number of anilines is 2. The predicted octanol–water partition coefficient (Wildman–Crippen LogP) is 4.92. The minimum Gasteiger partial charge on any atom is -0.355 e. The van der Waals surface area contributed by atoms with Crippen LogP contribution in [0.15, 0.2) is 107 Å². The van der Waals surface area contributed by atoms with Gasteiger partial charge in [0, 0.05) is 33.2 Å². The Hall–Kier alpha value is -3.82. The van der Waals surface area contributed by atoms with E-state index in [2.05, 4.69) is 14.4 Å². The largest absolute Gasteiger partial charge is 0.355 e. The van der Waals surface area contributed by atoms with Gasteiger partial charge < -0.3 is 4.98 Å². The fourth-order valence-electron chi connectivity index (χ4n) is 3.63. The first-order chi connectivity index (χ1) is 15.8. The molecule has 0 radical (unpaired) electrons. The molecule has 0 amide bonds. The van der Waals surface area contributed by atoms with E-state index in [1.165, 1.54) is 12.1 Å². The van der Waals surface area contributed by atoms with E-state index in [1.807, 2.05) is 0 Å². The summed E-state index contributed by atoms with van der Waals surface area (Å²) in [7, 11) is -7.65. The van der Waals surface area contributed by atoms with Gasteiger partial charge in [-0.1, -0.05) is 36.4 Å². The molecule has 1 heterocycles. The highest BCUT2D eigenvalue weighted by molar-refractivity contribution is 7.93. The molecule has 5 aromatic rings. The van der Waals surface area contributed by atoms with E-state index >= 15 is 0 Å². The normalized spacial score (nSPS) is 12.1. The average molecular weight is 478 g/mol. The number of para-hydroxylation sites is 2. The maximum atomic E-state index is 12.9. The van der Waals surface area contributed by atoms with E-state index in [-0.39, 0.29) is 9.79 Å². The molecule has 0 saturated heterocycles. The molecule has 1 aromatic heterocycles. The summed E-state index contributed by atoms with van der Waals surface area (Å²) in [6.45, 7) is 0. The summed E-state index contributed by atoms with van der Waals surface area (Å²) < 4.78 is 56.7. The van der Waals surface area contributed by atoms with E-state index in [0.29, 0.717) is 33.2 Å². The zero-order valence-corrected chi connectivity index (χ0v) is 18.8. The van der Waals surface area contributed by atoms with Crippen molar-refractivity contribution < 1.29 is 16.8 Å². The number of rotatable bonds is 6. The van der Waals surface area contributed by atoms with E-state index < -0.39 is 20.0 Å². The van der Waals surface area contributed by atoms with Crippen molar-refractivity contribution in [2.75, 3.05) is 9.44 Å². The van der Waals surface area contributed by atoms with Crippen LogP contribution in [0.1, 0.15) is 0 Å². The van der Waals surface area contributed by atoms with Gasteiger partial charge >= 0.3 is 0 Å². The van der Waals surface area contributed by atoms with Gasteiger partial charge in [-0.05, 0) is 60.7 Å². The third-order valence-electron chi connectivity index (χ3n) is 5.21. The summed E-state index contributed by atoms with van der Waals surface area (Å²) in [6.07, 6.45) is 0. The summed E-state index contributed by atoms with van der Waals surface area (Å²) in [5.74, 6) is 0. The Kier molecular flexibility index (Phi) is 5.07. The molecule has 166 valence electrons. The molecule has 0 saturated carbocycles. The molecular formula is C24H19N3O4S2. The number of aromatic nitrogens is 1. The highest BCUT2D eigenvalue weighted by Crippen LogP contribution is 2.30. The Bertz CT molecular complexity index is 1550. The number of sulfonamides is 2. The van der Waals surface area contributed by atoms with Gasteiger partial charge in [0.25, 0.3) is 20.0 Å². The number of benzene rings is 4. The number of hydrogen-bond acceptors (Lipinski definition) is 4. The van der Waals surface area contributed by atoms with Gasteiger partial charge in [-0.15, -0.1) is 0 Å². The molecule has 9 heteroatoms. The fraction of sp³-hybridized carbons (Fsp3) is 0. The first kappa shape index (κ1) is 21.0. The van der Waals surface area contributed by atoms with E-state index in [1.54, 1.807) is 84.9 Å². The molecule has 0 spiro atoms. The summed E-state index contributed by atoms with van der Waals surface area (Å²) in [6, 6.07) is 26.7. The van der Waals surface area contributed by atoms with Gasteiger partial charge in [0.2, 0.25) is 0 Å². The maximum Gasteiger partial charge on any atom is 0.261 e. The van der Waals surface area contributed by atoms with Gasteiger partial charge in [-0.3, -0.25) is 9.44 Å². The van der Waals surface area contributed by atoms with E-state index in [0.717, 1.165) is 0 Å². The van der Waals surface area contributed by atoms with Crippen LogP contribution in [0.25, 0.3) is 21.8 Å². The van der Waals surface area contributed by atoms with Crippen LogP contribution in [0.2, 0.25) is 0 Å². The van der Waals surface area contributed by atoms with Crippen LogP contribution in [0, 0.1) is 0 Å². The Balaban J connectivity index is 1.57. The smallest absolute Gasteiger partial charge is 0.261 e. The SMILES string of the molecule is O=S(=O)(Nc1ccccc1)c1ccc2[nH]c3ccc(S(=O)(=O)Nc4ccccc4)cc3c2c1. The van der Waals surface area contributed by atoms with Crippen LogP contribution in [-0.4, -0.2) is 21.8 Å². The predicted molar refractivity (Wildman–Crippen MR) is 130 cm³/mol. The van der Waals surface area contributed by atoms with Gasteiger partial charge in [0.15, 0.2) is 0 Å². The maximum absolute atomic E-state index is 12.9. The lowest BCUT2D eigenvalue weighted by Crippen LogP contribution is -2.13. The zero-order chi connectivity index (χ0) is 23.1. The quantitative estimate of drug-likeness (QED) is 0.322. The second-order valence-corrected chi connectivity index (χ2v) is 10.8. The molecule has 7 nitrogen and oxygen atoms in total. The molecule has 0 aliphatic heterocycles. The van der Waals surface area contributed by atoms with Crippen molar-refractivity contribution in [1.82, 2.24) is 4.98 Å². The molecule has 0 bridgehead atoms. The summed E-state index contributed by atoms with van der Waals surface area (Å²) in [5.41, 5.74) is 2.32. The second kappa shape index (κ2) is 7.95. The first-order valence-corrected chi connectivity index (χ1v) is 13.0. The van der Waals surface area contributed by atoms with Crippen LogP contribution in [0.4, 0.5) is 11.4 Å². The molecule has 0 atom stereocenters. The highest BCUT2D eigenvalue weighted by Gasteiger charge is 2.19. The Morgan fingerprint density at radius 1 is 0.515 bits per heavy atom. The molecule has 0 aliphatic carbocycles. The van der Waals surface area contributed by atoms with Gasteiger partial charge in [-0.25, -0.2) is 16.8 Å². The monoisotopic (exact) mass is 477 g/mol. The fourth-order valence-corrected chi connectivity index (χ4v) is 5.80. The van der Waals surface area contributed by atoms with Gasteiger partial charge in [0.05, 0.1) is 9.79 Å². The summed E-state index contributed by atoms with van der Waals surface area (Å²) >= 11 is 0. The zero-order valence-electron chi connectivity index (χ0n) is 17.2. The molecule has 0 unspecified atom stereocenters. The standard InChI is InChI=1S/C24H19N3O4S2/c28-32(29,26-17-7-3-1-4-8-17)19-11-13-23-21(15-19)22-16-20(12-14-24(22)25-23)33(30,31)27-18-9-5-2-6-10-18/h1-16,25-27H. The van der Waals surface area contributed by atoms with Crippen molar-refractivity contribution in [3.63, 3.8) is 0 Å². The van der Waals surface area contributed by atoms with Crippen LogP contribution in [-0.2, 0) is 20.0 Å². The number of hydrogen-bond donors (Lipinski definition) is 3. The third kappa shape index (κ3) is 4.15. The van der Waals surface area contributed by atoms with Crippen LogP contribution in [0.3, 0.4) is 0 Å². The summed E-state index contributed by atoms with van der Waals surface area (Å²) in [4.78, 5) is 3.36. The average Bonchev–Trinajstić information content (AvgIpc) is 3.17. The van der Waals surface area contributed by atoms with Gasteiger partial charge in [-0.2, -0.15) is 0 Å². The van der Waals surface area contributed by atoms with E-state index in [4.69, 9.17) is 0 Å². The molecule has 4 aromatic carbocycles. The molecule has 5 rings (SSSR count). The van der Waals surface area contributed by atoms with Gasteiger partial charge in [0.1, 0.15) is 0 Å². The lowest BCUT2D eigenvalue weighted by molar-refractivity contribution is 0.599. The van der Waals surface area contributed by atoms with Crippen molar-refractivity contribution in [3.8, 4) is 0 Å². The van der Waals surface area contributed by atoms with Crippen molar-refractivity contribution in [2.24, 2.45) is 0 Å². The molecule has 33 heavy (non-hydrogen) atoms. The number of nitrogens with one attached hydrogen (secondary N) is 3. The minimum absolute atomic E-state index is 0.0791. The Morgan fingerprint density at radius 3 is 1.30 bits per heavy atom. The summed E-state index contributed by atoms with van der Waals surface area (Å²) in [5, 5.41) is 1.22. The van der Waals surface area contributed by atoms with Crippen LogP contribution < -0.4 is 9.44 Å². The van der Waals surface area contributed by atoms with Crippen molar-refractivity contribution >= 4 is 53.2 Å². The van der Waals surface area contributed by atoms with Crippen LogP contribution >= 0.6 is 0 Å².